The van der Waals surface area contributed by atoms with E-state index < -0.39 is 0 Å². The summed E-state index contributed by atoms with van der Waals surface area (Å²) in [5, 5.41) is 9.98. The van der Waals surface area contributed by atoms with Crippen LogP contribution < -0.4 is 4.87 Å². The fourth-order valence-corrected chi connectivity index (χ4v) is 4.72. The van der Waals surface area contributed by atoms with E-state index in [0.717, 1.165) is 62.7 Å². The molecule has 8 heteroatoms. The van der Waals surface area contributed by atoms with Crippen molar-refractivity contribution in [1.82, 2.24) is 19.3 Å². The molecule has 2 aromatic heterocycles. The second-order valence-corrected chi connectivity index (χ2v) is 8.86. The van der Waals surface area contributed by atoms with E-state index in [0.29, 0.717) is 16.9 Å². The summed E-state index contributed by atoms with van der Waals surface area (Å²) < 4.78 is 2.99. The molecule has 0 saturated heterocycles. The standard InChI is InChI=1S/C25H20N4O2S2/c1-3-20-26-21-13(2)18(12-19(24(30)32)22(21)27-20)15-10-8-14(9-11-15)16-6-4-5-7-17(16)23-28-25(31)33-29-23/h4-12H,3H2,1-2H3,(H,26,27)(H,30,32)(H,28,29,31). The molecule has 5 aromatic rings. The van der Waals surface area contributed by atoms with E-state index in [9.17, 15) is 9.90 Å². The molecule has 0 radical (unpaired) electrons. The molecule has 33 heavy (non-hydrogen) atoms. The molecule has 0 amide bonds. The summed E-state index contributed by atoms with van der Waals surface area (Å²) in [7, 11) is 0. The lowest BCUT2D eigenvalue weighted by atomic mass is 9.93. The predicted octanol–water partition coefficient (Wildman–Crippen LogP) is 5.81. The molecule has 0 spiro atoms. The van der Waals surface area contributed by atoms with Crippen molar-refractivity contribution in [2.45, 2.75) is 20.3 Å². The molecule has 6 nitrogen and oxygen atoms in total. The molecule has 0 unspecified atom stereocenters. The minimum Gasteiger partial charge on any atom is -0.498 e. The Balaban J connectivity index is 1.61. The summed E-state index contributed by atoms with van der Waals surface area (Å²) in [4.78, 5) is 23.4. The number of H-pyrrole nitrogens is 2. The number of benzene rings is 3. The number of hydrogen-bond donors (Lipinski definition) is 3. The highest BCUT2D eigenvalue weighted by Gasteiger charge is 2.17. The molecule has 5 rings (SSSR count). The van der Waals surface area contributed by atoms with Gasteiger partial charge in [0.1, 0.15) is 11.3 Å². The second kappa shape index (κ2) is 8.38. The van der Waals surface area contributed by atoms with E-state index in [4.69, 9.17) is 12.2 Å². The predicted molar refractivity (Wildman–Crippen MR) is 137 cm³/mol. The van der Waals surface area contributed by atoms with Crippen LogP contribution in [-0.4, -0.2) is 29.5 Å². The van der Waals surface area contributed by atoms with Gasteiger partial charge in [0.05, 0.1) is 11.1 Å². The summed E-state index contributed by atoms with van der Waals surface area (Å²) in [6.45, 7) is 4.07. The van der Waals surface area contributed by atoms with Crippen molar-refractivity contribution in [2.75, 3.05) is 0 Å². The third-order valence-electron chi connectivity index (χ3n) is 5.77. The maximum absolute atomic E-state index is 11.6. The molecule has 2 heterocycles. The van der Waals surface area contributed by atoms with E-state index in [1.54, 1.807) is 0 Å². The molecule has 0 aliphatic heterocycles. The van der Waals surface area contributed by atoms with E-state index in [1.807, 2.05) is 68.4 Å². The Morgan fingerprint density at radius 1 is 1.03 bits per heavy atom. The number of fused-ring (bicyclic) bond motifs is 1. The second-order valence-electron chi connectivity index (χ2n) is 7.72. The molecule has 0 aliphatic rings. The number of aliphatic hydroxyl groups is 1. The van der Waals surface area contributed by atoms with Gasteiger partial charge in [-0.1, -0.05) is 55.5 Å². The number of thiocarbonyl (C=S) groups is 1. The SMILES string of the molecule is CCc1nc2c(C(O)=S)cc(-c3ccc(-c4ccccc4-c4nc(=O)s[nH]4)cc3)c(C)c2[nH]1. The van der Waals surface area contributed by atoms with Crippen LogP contribution in [0.4, 0.5) is 0 Å². The van der Waals surface area contributed by atoms with Gasteiger partial charge in [0.15, 0.2) is 10.9 Å². The molecule has 0 aliphatic carbocycles. The maximum atomic E-state index is 11.6. The summed E-state index contributed by atoms with van der Waals surface area (Å²) in [6.07, 6.45) is 0.763. The third kappa shape index (κ3) is 3.77. The average molecular weight is 473 g/mol. The number of nitrogens with one attached hydrogen (secondary N) is 2. The van der Waals surface area contributed by atoms with Crippen LogP contribution in [-0.2, 0) is 6.42 Å². The van der Waals surface area contributed by atoms with Crippen LogP contribution in [0, 0.1) is 6.92 Å². The Labute approximate surface area is 199 Å². The van der Waals surface area contributed by atoms with E-state index in [2.05, 4.69) is 19.3 Å². The highest BCUT2D eigenvalue weighted by molar-refractivity contribution is 7.80. The van der Waals surface area contributed by atoms with Crippen molar-refractivity contribution in [3.05, 3.63) is 81.2 Å². The Kier molecular flexibility index (Phi) is 5.39. The summed E-state index contributed by atoms with van der Waals surface area (Å²) in [6, 6.07) is 17.9. The van der Waals surface area contributed by atoms with Crippen LogP contribution in [0.5, 0.6) is 0 Å². The van der Waals surface area contributed by atoms with Gasteiger partial charge in [-0.2, -0.15) is 4.98 Å². The van der Waals surface area contributed by atoms with Gasteiger partial charge in [-0.05, 0) is 53.0 Å². The van der Waals surface area contributed by atoms with E-state index in [-0.39, 0.29) is 9.92 Å². The third-order valence-corrected chi connectivity index (χ3v) is 6.55. The minimum absolute atomic E-state index is 0.168. The number of aryl methyl sites for hydroxylation is 2. The molecule has 164 valence electrons. The van der Waals surface area contributed by atoms with Crippen molar-refractivity contribution in [1.29, 1.82) is 0 Å². The molecule has 3 aromatic carbocycles. The van der Waals surface area contributed by atoms with Gasteiger partial charge in [-0.25, -0.2) is 4.98 Å². The number of hydrogen-bond acceptors (Lipinski definition) is 5. The lowest BCUT2D eigenvalue weighted by molar-refractivity contribution is 0.571. The number of aliphatic hydroxyl groups excluding tert-OH is 1. The van der Waals surface area contributed by atoms with Crippen molar-refractivity contribution < 1.29 is 5.11 Å². The smallest absolute Gasteiger partial charge is 0.344 e. The minimum atomic E-state index is -0.247. The lowest BCUT2D eigenvalue weighted by Gasteiger charge is -2.12. The van der Waals surface area contributed by atoms with Gasteiger partial charge in [-0.15, -0.1) is 0 Å². The molecule has 0 atom stereocenters. The van der Waals surface area contributed by atoms with E-state index >= 15 is 0 Å². The fraction of sp³-hybridized carbons (Fsp3) is 0.120. The normalized spacial score (nSPS) is 11.2. The Morgan fingerprint density at radius 2 is 1.70 bits per heavy atom. The highest BCUT2D eigenvalue weighted by Crippen LogP contribution is 2.35. The van der Waals surface area contributed by atoms with Crippen LogP contribution in [0.1, 0.15) is 23.9 Å². The number of aromatic amines is 2. The number of aromatic nitrogens is 4. The first-order chi connectivity index (χ1) is 16.0. The van der Waals surface area contributed by atoms with Crippen molar-refractivity contribution >= 4 is 39.8 Å². The quantitative estimate of drug-likeness (QED) is 0.281. The fourth-order valence-electron chi connectivity index (χ4n) is 4.09. The Hall–Kier alpha value is -3.62. The van der Waals surface area contributed by atoms with Crippen LogP contribution in [0.25, 0.3) is 44.7 Å². The molecular weight excluding hydrogens is 452 g/mol. The summed E-state index contributed by atoms with van der Waals surface area (Å²) in [5.74, 6) is 1.42. The van der Waals surface area contributed by atoms with Gasteiger partial charge in [0.2, 0.25) is 0 Å². The maximum Gasteiger partial charge on any atom is 0.344 e. The van der Waals surface area contributed by atoms with Gasteiger partial charge in [0.25, 0.3) is 0 Å². The molecule has 0 bridgehead atoms. The zero-order chi connectivity index (χ0) is 23.1. The molecule has 0 saturated carbocycles. The molecule has 0 fully saturated rings. The highest BCUT2D eigenvalue weighted by atomic mass is 32.1. The lowest BCUT2D eigenvalue weighted by Crippen LogP contribution is -1.99. The van der Waals surface area contributed by atoms with Crippen LogP contribution in [0.15, 0.2) is 59.4 Å². The number of imidazole rings is 1. The first-order valence-corrected chi connectivity index (χ1v) is 11.7. The van der Waals surface area contributed by atoms with Crippen molar-refractivity contribution in [2.24, 2.45) is 0 Å². The van der Waals surface area contributed by atoms with Gasteiger partial charge in [-0.3, -0.25) is 9.17 Å². The molecular formula is C25H20N4O2S2. The van der Waals surface area contributed by atoms with Crippen molar-refractivity contribution in [3.8, 4) is 33.6 Å². The van der Waals surface area contributed by atoms with Gasteiger partial charge < -0.3 is 10.1 Å². The van der Waals surface area contributed by atoms with E-state index in [1.165, 1.54) is 0 Å². The molecule has 3 N–H and O–H groups in total. The summed E-state index contributed by atoms with van der Waals surface area (Å²) >= 11 is 6.09. The topological polar surface area (TPSA) is 94.7 Å². The van der Waals surface area contributed by atoms with Crippen molar-refractivity contribution in [3.63, 3.8) is 0 Å². The number of nitrogens with zero attached hydrogens (tertiary/aromatic N) is 2. The summed E-state index contributed by atoms with van der Waals surface area (Å²) in [5.41, 5.74) is 8.03. The van der Waals surface area contributed by atoms with Gasteiger partial charge in [0, 0.05) is 23.5 Å². The zero-order valence-electron chi connectivity index (χ0n) is 18.0. The van der Waals surface area contributed by atoms with Crippen LogP contribution in [0.2, 0.25) is 0 Å². The van der Waals surface area contributed by atoms with Crippen LogP contribution >= 0.6 is 23.8 Å². The Bertz CT molecular complexity index is 1560. The van der Waals surface area contributed by atoms with Crippen LogP contribution in [0.3, 0.4) is 0 Å². The monoisotopic (exact) mass is 472 g/mol. The van der Waals surface area contributed by atoms with Gasteiger partial charge >= 0.3 is 4.87 Å². The first-order valence-electron chi connectivity index (χ1n) is 10.5. The largest absolute Gasteiger partial charge is 0.498 e. The number of rotatable bonds is 5. The Morgan fingerprint density at radius 3 is 2.30 bits per heavy atom. The zero-order valence-corrected chi connectivity index (χ0v) is 19.6. The first kappa shape index (κ1) is 21.2. The average Bonchev–Trinajstić information content (AvgIpc) is 3.46.